The van der Waals surface area contributed by atoms with Gasteiger partial charge in [0, 0.05) is 50.2 Å². The van der Waals surface area contributed by atoms with Crippen LogP contribution in [0.25, 0.3) is 11.4 Å². The second-order valence-corrected chi connectivity index (χ2v) is 11.0. The van der Waals surface area contributed by atoms with E-state index in [1.54, 1.807) is 31.0 Å². The standard InChI is InChI=1S/C31H34FN5O2S/c1-22-8-12-25(13-9-22)29-33-34-31(37(29)23(2)20-39-3)40-21-24-10-14-26(15-11-24)30(38)36-18-16-35(17-19-36)28-7-5-4-6-27(28)32/h4-15,23H,16-21H2,1-3H3/t23-/m1/s1. The normalized spacial score (nSPS) is 14.4. The van der Waals surface area contributed by atoms with Gasteiger partial charge in [-0.25, -0.2) is 4.39 Å². The summed E-state index contributed by atoms with van der Waals surface area (Å²) in [7, 11) is 1.70. The van der Waals surface area contributed by atoms with E-state index in [0.29, 0.717) is 49.8 Å². The van der Waals surface area contributed by atoms with Gasteiger partial charge in [0.05, 0.1) is 18.3 Å². The fourth-order valence-electron chi connectivity index (χ4n) is 4.92. The molecule has 40 heavy (non-hydrogen) atoms. The zero-order valence-electron chi connectivity index (χ0n) is 23.1. The highest BCUT2D eigenvalue weighted by Gasteiger charge is 2.24. The van der Waals surface area contributed by atoms with Gasteiger partial charge in [-0.3, -0.25) is 9.36 Å². The minimum Gasteiger partial charge on any atom is -0.383 e. The van der Waals surface area contributed by atoms with E-state index in [2.05, 4.69) is 52.9 Å². The first-order valence-corrected chi connectivity index (χ1v) is 14.4. The van der Waals surface area contributed by atoms with Crippen molar-refractivity contribution in [3.8, 4) is 11.4 Å². The van der Waals surface area contributed by atoms with Gasteiger partial charge >= 0.3 is 0 Å². The molecule has 4 aromatic rings. The van der Waals surface area contributed by atoms with Crippen molar-refractivity contribution < 1.29 is 13.9 Å². The summed E-state index contributed by atoms with van der Waals surface area (Å²) in [5, 5.41) is 9.85. The average Bonchev–Trinajstić information content (AvgIpc) is 3.41. The van der Waals surface area contributed by atoms with Crippen LogP contribution >= 0.6 is 11.8 Å². The minimum absolute atomic E-state index is 0.00302. The van der Waals surface area contributed by atoms with E-state index < -0.39 is 0 Å². The van der Waals surface area contributed by atoms with E-state index in [0.717, 1.165) is 22.1 Å². The molecule has 1 fully saturated rings. The van der Waals surface area contributed by atoms with Gasteiger partial charge in [0.25, 0.3) is 5.91 Å². The van der Waals surface area contributed by atoms with Crippen LogP contribution in [0.2, 0.25) is 0 Å². The molecule has 1 aliphatic heterocycles. The van der Waals surface area contributed by atoms with E-state index in [-0.39, 0.29) is 17.8 Å². The molecule has 9 heteroatoms. The molecule has 0 N–H and O–H groups in total. The van der Waals surface area contributed by atoms with Gasteiger partial charge < -0.3 is 14.5 Å². The van der Waals surface area contributed by atoms with Gasteiger partial charge in [-0.1, -0.05) is 65.9 Å². The Kier molecular flexibility index (Phi) is 8.81. The lowest BCUT2D eigenvalue weighted by atomic mass is 10.1. The molecule has 1 aromatic heterocycles. The van der Waals surface area contributed by atoms with Crippen LogP contribution in [0.3, 0.4) is 0 Å². The number of nitrogens with zero attached hydrogens (tertiary/aromatic N) is 5. The summed E-state index contributed by atoms with van der Waals surface area (Å²) in [5.74, 6) is 1.29. The number of thioether (sulfide) groups is 1. The third-order valence-corrected chi connectivity index (χ3v) is 8.17. The Morgan fingerprint density at radius 3 is 2.35 bits per heavy atom. The molecular weight excluding hydrogens is 525 g/mol. The maximum atomic E-state index is 14.2. The van der Waals surface area contributed by atoms with Crippen LogP contribution in [-0.2, 0) is 10.5 Å². The molecule has 0 bridgehead atoms. The Morgan fingerprint density at radius 1 is 0.975 bits per heavy atom. The highest BCUT2D eigenvalue weighted by atomic mass is 32.2. The summed E-state index contributed by atoms with van der Waals surface area (Å²) >= 11 is 1.62. The molecule has 0 spiro atoms. The largest absolute Gasteiger partial charge is 0.383 e. The number of carbonyl (C=O) groups excluding carboxylic acids is 1. The van der Waals surface area contributed by atoms with E-state index in [1.807, 2.05) is 40.1 Å². The average molecular weight is 560 g/mol. The number of aromatic nitrogens is 3. The topological polar surface area (TPSA) is 63.5 Å². The lowest BCUT2D eigenvalue weighted by Crippen LogP contribution is -2.49. The van der Waals surface area contributed by atoms with Crippen LogP contribution in [0.15, 0.2) is 78.0 Å². The molecule has 5 rings (SSSR count). The van der Waals surface area contributed by atoms with Gasteiger partial charge in [0.15, 0.2) is 11.0 Å². The van der Waals surface area contributed by atoms with E-state index in [4.69, 9.17) is 4.74 Å². The molecule has 1 amide bonds. The number of aryl methyl sites for hydroxylation is 1. The van der Waals surface area contributed by atoms with E-state index in [9.17, 15) is 9.18 Å². The number of amides is 1. The molecule has 0 saturated carbocycles. The first-order chi connectivity index (χ1) is 19.4. The molecule has 208 valence electrons. The van der Waals surface area contributed by atoms with Gasteiger partial charge in [-0.2, -0.15) is 0 Å². The summed E-state index contributed by atoms with van der Waals surface area (Å²) in [4.78, 5) is 17.0. The van der Waals surface area contributed by atoms with Crippen LogP contribution in [0.4, 0.5) is 10.1 Å². The van der Waals surface area contributed by atoms with Crippen molar-refractivity contribution in [3.63, 3.8) is 0 Å². The Balaban J connectivity index is 1.22. The fourth-order valence-corrected chi connectivity index (χ4v) is 5.91. The summed E-state index contributed by atoms with van der Waals surface area (Å²) in [6, 6.07) is 22.9. The number of para-hydroxylation sites is 1. The number of anilines is 1. The molecule has 7 nitrogen and oxygen atoms in total. The highest BCUT2D eigenvalue weighted by molar-refractivity contribution is 7.98. The molecular formula is C31H34FN5O2S. The van der Waals surface area contributed by atoms with Gasteiger partial charge in [-0.05, 0) is 43.7 Å². The number of benzene rings is 3. The number of piperazine rings is 1. The third kappa shape index (κ3) is 6.21. The number of hydrogen-bond acceptors (Lipinski definition) is 6. The number of methoxy groups -OCH3 is 1. The molecule has 2 heterocycles. The van der Waals surface area contributed by atoms with Crippen LogP contribution < -0.4 is 4.90 Å². The summed E-state index contributed by atoms with van der Waals surface area (Å²) < 4.78 is 21.7. The van der Waals surface area contributed by atoms with Gasteiger partial charge in [0.2, 0.25) is 0 Å². The minimum atomic E-state index is -0.228. The van der Waals surface area contributed by atoms with Crippen LogP contribution in [0, 0.1) is 12.7 Å². The van der Waals surface area contributed by atoms with Crippen LogP contribution in [-0.4, -0.2) is 65.5 Å². The molecule has 0 unspecified atom stereocenters. The second-order valence-electron chi connectivity index (χ2n) is 10.1. The third-order valence-electron chi connectivity index (χ3n) is 7.15. The molecule has 0 radical (unpaired) electrons. The molecule has 1 saturated heterocycles. The predicted molar refractivity (Wildman–Crippen MR) is 157 cm³/mol. The number of hydrogen-bond donors (Lipinski definition) is 0. The zero-order valence-corrected chi connectivity index (χ0v) is 23.9. The second kappa shape index (κ2) is 12.7. The first-order valence-electron chi connectivity index (χ1n) is 13.5. The number of carbonyl (C=O) groups is 1. The van der Waals surface area contributed by atoms with E-state index >= 15 is 0 Å². The Morgan fingerprint density at radius 2 is 1.68 bits per heavy atom. The lowest BCUT2D eigenvalue weighted by Gasteiger charge is -2.36. The maximum absolute atomic E-state index is 14.2. The van der Waals surface area contributed by atoms with Crippen molar-refractivity contribution in [2.24, 2.45) is 0 Å². The summed E-state index contributed by atoms with van der Waals surface area (Å²) in [5.41, 5.74) is 4.56. The molecule has 3 aromatic carbocycles. The monoisotopic (exact) mass is 559 g/mol. The summed E-state index contributed by atoms with van der Waals surface area (Å²) in [6.07, 6.45) is 0. The van der Waals surface area contributed by atoms with Crippen LogP contribution in [0.1, 0.15) is 34.5 Å². The predicted octanol–water partition coefficient (Wildman–Crippen LogP) is 5.85. The smallest absolute Gasteiger partial charge is 0.253 e. The van der Waals surface area contributed by atoms with E-state index in [1.165, 1.54) is 11.6 Å². The highest BCUT2D eigenvalue weighted by Crippen LogP contribution is 2.30. The van der Waals surface area contributed by atoms with Crippen molar-refractivity contribution >= 4 is 23.4 Å². The quantitative estimate of drug-likeness (QED) is 0.240. The number of halogens is 1. The fraction of sp³-hybridized carbons (Fsp3) is 0.323. The lowest BCUT2D eigenvalue weighted by molar-refractivity contribution is 0.0746. The SMILES string of the molecule is COC[C@@H](C)n1c(SCc2ccc(C(=O)N3CCN(c4ccccc4F)CC3)cc2)nnc1-c1ccc(C)cc1. The van der Waals surface area contributed by atoms with Crippen molar-refractivity contribution in [2.45, 2.75) is 30.8 Å². The Bertz CT molecular complexity index is 1430. The molecule has 0 aliphatic carbocycles. The maximum Gasteiger partial charge on any atom is 0.253 e. The Labute approximate surface area is 239 Å². The Hall–Kier alpha value is -3.69. The molecule has 1 atom stereocenters. The molecule has 1 aliphatic rings. The van der Waals surface area contributed by atoms with Crippen molar-refractivity contribution in [3.05, 3.63) is 95.3 Å². The van der Waals surface area contributed by atoms with Crippen molar-refractivity contribution in [2.75, 3.05) is 44.8 Å². The van der Waals surface area contributed by atoms with Crippen LogP contribution in [0.5, 0.6) is 0 Å². The van der Waals surface area contributed by atoms with Crippen molar-refractivity contribution in [1.82, 2.24) is 19.7 Å². The van der Waals surface area contributed by atoms with Gasteiger partial charge in [0.1, 0.15) is 5.82 Å². The zero-order chi connectivity index (χ0) is 28.1. The first kappa shape index (κ1) is 27.9. The number of rotatable bonds is 9. The van der Waals surface area contributed by atoms with Crippen molar-refractivity contribution in [1.29, 1.82) is 0 Å². The van der Waals surface area contributed by atoms with Gasteiger partial charge in [-0.15, -0.1) is 10.2 Å². The summed E-state index contributed by atoms with van der Waals surface area (Å²) in [6.45, 7) is 7.05. The number of ether oxygens (including phenoxy) is 1.